The number of nitrogens with two attached hydrogens (primary N) is 1. The van der Waals surface area contributed by atoms with Crippen LogP contribution in [-0.2, 0) is 16.4 Å². The number of sulfonamides is 1. The van der Waals surface area contributed by atoms with Crippen molar-refractivity contribution in [1.82, 2.24) is 24.3 Å². The molecule has 2 N–H and O–H groups in total. The molecule has 0 aliphatic heterocycles. The van der Waals surface area contributed by atoms with Crippen LogP contribution in [0.25, 0.3) is 22.5 Å². The van der Waals surface area contributed by atoms with E-state index in [1.165, 1.54) is 25.0 Å². The largest absolute Gasteiger partial charge is 0.481 e. The number of methoxy groups -OCH3 is 2. The lowest BCUT2D eigenvalue weighted by molar-refractivity contribution is 0.146. The van der Waals surface area contributed by atoms with Crippen LogP contribution >= 0.6 is 0 Å². The highest BCUT2D eigenvalue weighted by atomic mass is 32.2. The molecule has 0 aliphatic rings. The summed E-state index contributed by atoms with van der Waals surface area (Å²) in [6.45, 7) is 3.69. The van der Waals surface area contributed by atoms with Gasteiger partial charge in [0.25, 0.3) is 0 Å². The number of aromatic nitrogens is 5. The number of nitrogens with zero attached hydrogens (tertiary/aromatic N) is 5. The number of aryl methyl sites for hydroxylation is 2. The molecule has 0 bridgehead atoms. The molecule has 3 aromatic heterocycles. The van der Waals surface area contributed by atoms with Crippen LogP contribution < -0.4 is 14.6 Å². The molecule has 180 valence electrons. The number of hydrogen-bond donors (Lipinski definition) is 1. The summed E-state index contributed by atoms with van der Waals surface area (Å²) < 4.78 is 64.6. The van der Waals surface area contributed by atoms with Crippen LogP contribution in [0.2, 0.25) is 0 Å². The fourth-order valence-corrected chi connectivity index (χ4v) is 4.59. The third-order valence-corrected chi connectivity index (χ3v) is 6.13. The topological polar surface area (TPSA) is 127 Å². The minimum Gasteiger partial charge on any atom is -0.481 e. The van der Waals surface area contributed by atoms with Gasteiger partial charge in [-0.25, -0.2) is 27.0 Å². The summed E-state index contributed by atoms with van der Waals surface area (Å²) >= 11 is 0. The third kappa shape index (κ3) is 4.07. The van der Waals surface area contributed by atoms with Crippen molar-refractivity contribution in [3.63, 3.8) is 0 Å². The molecule has 3 heterocycles. The first-order valence-electron chi connectivity index (χ1n) is 10.0. The second kappa shape index (κ2) is 8.65. The number of fused-ring (bicyclic) bond motifs is 1. The van der Waals surface area contributed by atoms with Crippen LogP contribution in [0, 0.1) is 13.8 Å². The maximum absolute atomic E-state index is 13.1. The van der Waals surface area contributed by atoms with E-state index in [0.29, 0.717) is 16.6 Å². The Morgan fingerprint density at radius 2 is 1.76 bits per heavy atom. The molecule has 0 amide bonds. The van der Waals surface area contributed by atoms with Gasteiger partial charge in [-0.05, 0) is 26.0 Å². The molecule has 0 atom stereocenters. The zero-order valence-corrected chi connectivity index (χ0v) is 19.6. The van der Waals surface area contributed by atoms with Crippen LogP contribution in [0.4, 0.5) is 8.78 Å². The van der Waals surface area contributed by atoms with Crippen LogP contribution in [-0.4, -0.2) is 53.4 Å². The predicted octanol–water partition coefficient (Wildman–Crippen LogP) is 2.70. The van der Waals surface area contributed by atoms with Crippen molar-refractivity contribution in [2.24, 2.45) is 5.14 Å². The summed E-state index contributed by atoms with van der Waals surface area (Å²) in [4.78, 5) is 8.40. The number of hydrogen-bond acceptors (Lipinski definition) is 7. The van der Waals surface area contributed by atoms with Gasteiger partial charge in [0.05, 0.1) is 36.7 Å². The molecule has 0 saturated heterocycles. The van der Waals surface area contributed by atoms with Gasteiger partial charge in [-0.1, -0.05) is 12.1 Å². The highest BCUT2D eigenvalue weighted by Crippen LogP contribution is 2.34. The molecule has 34 heavy (non-hydrogen) atoms. The van der Waals surface area contributed by atoms with Crippen molar-refractivity contribution in [3.05, 3.63) is 47.4 Å². The highest BCUT2D eigenvalue weighted by Gasteiger charge is 2.26. The molecule has 13 heteroatoms. The normalized spacial score (nSPS) is 12.0. The van der Waals surface area contributed by atoms with Crippen molar-refractivity contribution in [3.8, 4) is 23.4 Å². The Morgan fingerprint density at radius 3 is 2.26 bits per heavy atom. The Labute approximate surface area is 194 Å². The molecule has 0 radical (unpaired) electrons. The average Bonchev–Trinajstić information content (AvgIpc) is 3.33. The second-order valence-electron chi connectivity index (χ2n) is 7.54. The molecule has 4 aromatic rings. The Kier molecular flexibility index (Phi) is 6.00. The van der Waals surface area contributed by atoms with Gasteiger partial charge in [-0.2, -0.15) is 15.1 Å². The van der Waals surface area contributed by atoms with Crippen LogP contribution in [0.15, 0.2) is 35.4 Å². The average molecular weight is 493 g/mol. The number of benzene rings is 1. The predicted molar refractivity (Wildman–Crippen MR) is 120 cm³/mol. The summed E-state index contributed by atoms with van der Waals surface area (Å²) in [5.41, 5.74) is 2.48. The van der Waals surface area contributed by atoms with E-state index in [9.17, 15) is 17.2 Å². The Hall–Kier alpha value is -3.58. The number of rotatable bonds is 7. The minimum atomic E-state index is -4.14. The molecule has 10 nitrogen and oxygen atoms in total. The summed E-state index contributed by atoms with van der Waals surface area (Å²) in [7, 11) is -1.58. The molecule has 1 aromatic carbocycles. The first kappa shape index (κ1) is 23.6. The lowest BCUT2D eigenvalue weighted by Crippen LogP contribution is -2.12. The first-order chi connectivity index (χ1) is 16.0. The first-order valence-corrected chi connectivity index (χ1v) is 11.6. The van der Waals surface area contributed by atoms with Gasteiger partial charge >= 0.3 is 0 Å². The van der Waals surface area contributed by atoms with Crippen molar-refractivity contribution in [1.29, 1.82) is 0 Å². The summed E-state index contributed by atoms with van der Waals surface area (Å²) in [5, 5.41) is 10.3. The van der Waals surface area contributed by atoms with E-state index in [1.54, 1.807) is 22.9 Å². The van der Waals surface area contributed by atoms with E-state index in [4.69, 9.17) is 14.6 Å². The van der Waals surface area contributed by atoms with Crippen LogP contribution in [0.3, 0.4) is 0 Å². The van der Waals surface area contributed by atoms with E-state index >= 15 is 0 Å². The molecule has 0 aliphatic carbocycles. The van der Waals surface area contributed by atoms with Gasteiger partial charge in [-0.15, -0.1) is 0 Å². The number of alkyl halides is 2. The van der Waals surface area contributed by atoms with E-state index in [2.05, 4.69) is 15.1 Å². The van der Waals surface area contributed by atoms with Crippen molar-refractivity contribution in [2.45, 2.75) is 31.6 Å². The molecule has 0 spiro atoms. The fraction of sp³-hybridized carbons (Fsp3) is 0.286. The fourth-order valence-electron chi connectivity index (χ4n) is 3.87. The van der Waals surface area contributed by atoms with Gasteiger partial charge in [0, 0.05) is 23.7 Å². The van der Waals surface area contributed by atoms with E-state index in [0.717, 1.165) is 11.4 Å². The Bertz CT molecular complexity index is 1470. The summed E-state index contributed by atoms with van der Waals surface area (Å²) in [5.74, 6) is -0.296. The maximum Gasteiger partial charge on any atom is 0.243 e. The van der Waals surface area contributed by atoms with Crippen LogP contribution in [0.5, 0.6) is 11.8 Å². The van der Waals surface area contributed by atoms with Gasteiger partial charge in [0.15, 0.2) is 0 Å². The van der Waals surface area contributed by atoms with Crippen molar-refractivity contribution < 1.29 is 26.7 Å². The number of halogens is 2. The maximum atomic E-state index is 13.1. The molecule has 4 rings (SSSR count). The van der Waals surface area contributed by atoms with Crippen LogP contribution in [0.1, 0.15) is 17.0 Å². The smallest absolute Gasteiger partial charge is 0.243 e. The standard InChI is InChI=1S/C21H22F2N6O4S/c1-11-8-12(2)29(27-11)15-7-5-6-13-16(34(24,30)31)10-28(18(13)15)21-25-19(32-3)14(9-17(22)23)20(26-21)33-4/h5-8,10,17H,9H2,1-4H3,(H2,24,30,31). The Morgan fingerprint density at radius 1 is 1.12 bits per heavy atom. The van der Waals surface area contributed by atoms with Crippen molar-refractivity contribution >= 4 is 20.9 Å². The Balaban J connectivity index is 2.10. The second-order valence-corrected chi connectivity index (χ2v) is 9.07. The quantitative estimate of drug-likeness (QED) is 0.420. The SMILES string of the molecule is COc1nc(-n2cc(S(N)(=O)=O)c3cccc(-n4nc(C)cc4C)c32)nc(OC)c1CC(F)F. The van der Waals surface area contributed by atoms with Gasteiger partial charge in [0.1, 0.15) is 4.90 Å². The molecule has 0 unspecified atom stereocenters. The van der Waals surface area contributed by atoms with Gasteiger partial charge in [-0.3, -0.25) is 4.57 Å². The van der Waals surface area contributed by atoms with E-state index in [1.807, 2.05) is 19.9 Å². The zero-order chi connectivity index (χ0) is 24.8. The van der Waals surface area contributed by atoms with Gasteiger partial charge < -0.3 is 9.47 Å². The summed E-state index contributed by atoms with van der Waals surface area (Å²) in [6.07, 6.45) is -2.09. The molecule has 0 saturated carbocycles. The lowest BCUT2D eigenvalue weighted by Gasteiger charge is -2.15. The number of primary sulfonamides is 1. The molecule has 0 fully saturated rings. The molecular weight excluding hydrogens is 470 g/mol. The summed E-state index contributed by atoms with van der Waals surface area (Å²) in [6, 6.07) is 6.90. The minimum absolute atomic E-state index is 0.00866. The van der Waals surface area contributed by atoms with E-state index in [-0.39, 0.29) is 28.2 Å². The zero-order valence-electron chi connectivity index (χ0n) is 18.8. The third-order valence-electron chi connectivity index (χ3n) is 5.19. The van der Waals surface area contributed by atoms with Gasteiger partial charge in [0.2, 0.25) is 34.2 Å². The van der Waals surface area contributed by atoms with E-state index < -0.39 is 22.9 Å². The number of ether oxygens (including phenoxy) is 2. The highest BCUT2D eigenvalue weighted by molar-refractivity contribution is 7.89. The number of para-hydroxylation sites is 1. The lowest BCUT2D eigenvalue weighted by atomic mass is 10.2. The van der Waals surface area contributed by atoms with Crippen molar-refractivity contribution in [2.75, 3.05) is 14.2 Å². The monoisotopic (exact) mass is 492 g/mol. The molecular formula is C21H22F2N6O4S.